The Morgan fingerprint density at radius 2 is 1.70 bits per heavy atom. The molecule has 0 saturated carbocycles. The lowest BCUT2D eigenvalue weighted by Crippen LogP contribution is -2.21. The van der Waals surface area contributed by atoms with Gasteiger partial charge in [-0.3, -0.25) is 4.79 Å². The summed E-state index contributed by atoms with van der Waals surface area (Å²) in [6.07, 6.45) is 1.55. The van der Waals surface area contributed by atoms with Crippen LogP contribution in [0.25, 0.3) is 22.3 Å². The predicted octanol–water partition coefficient (Wildman–Crippen LogP) is 9.04. The summed E-state index contributed by atoms with van der Waals surface area (Å²) >= 11 is 16.4. The molecule has 0 spiro atoms. The van der Waals surface area contributed by atoms with Crippen LogP contribution in [0.4, 0.5) is 0 Å². The highest BCUT2D eigenvalue weighted by Gasteiger charge is 2.20. The Bertz CT molecular complexity index is 1940. The molecule has 5 rings (SSSR count). The largest absolute Gasteiger partial charge is 0.496 e. The van der Waals surface area contributed by atoms with Gasteiger partial charge in [-0.15, -0.1) is 0 Å². The number of benzene rings is 4. The lowest BCUT2D eigenvalue weighted by Gasteiger charge is -2.17. The van der Waals surface area contributed by atoms with E-state index >= 15 is 0 Å². The number of aromatic nitrogens is 2. The number of aryl methyl sites for hydroxylation is 1. The van der Waals surface area contributed by atoms with E-state index in [0.717, 1.165) is 28.0 Å². The Labute approximate surface area is 274 Å². The van der Waals surface area contributed by atoms with Gasteiger partial charge >= 0.3 is 0 Å². The number of methoxy groups -OCH3 is 2. The van der Waals surface area contributed by atoms with Crippen LogP contribution in [0.5, 0.6) is 17.2 Å². The third-order valence-corrected chi connectivity index (χ3v) is 8.87. The summed E-state index contributed by atoms with van der Waals surface area (Å²) in [5.74, 6) is 2.14. The van der Waals surface area contributed by atoms with Crippen molar-refractivity contribution in [2.24, 2.45) is 5.10 Å². The van der Waals surface area contributed by atoms with Gasteiger partial charge in [0.1, 0.15) is 17.4 Å². The second-order valence-electron chi connectivity index (χ2n) is 10.4. The van der Waals surface area contributed by atoms with Crippen molar-refractivity contribution in [1.82, 2.24) is 9.66 Å². The number of rotatable bonds is 9. The van der Waals surface area contributed by atoms with E-state index in [-0.39, 0.29) is 18.1 Å². The minimum absolute atomic E-state index is 0.180. The highest BCUT2D eigenvalue weighted by atomic mass is 79.9. The minimum Gasteiger partial charge on any atom is -0.496 e. The molecule has 0 N–H and O–H groups in total. The highest BCUT2D eigenvalue weighted by molar-refractivity contribution is 9.10. The molecular weight excluding hydrogens is 665 g/mol. The molecular formula is C34H30BrCl2N3O4. The molecule has 0 radical (unpaired) electrons. The van der Waals surface area contributed by atoms with E-state index in [1.54, 1.807) is 43.7 Å². The molecule has 1 heterocycles. The van der Waals surface area contributed by atoms with E-state index in [4.69, 9.17) is 42.4 Å². The van der Waals surface area contributed by atoms with Crippen LogP contribution < -0.4 is 19.8 Å². The van der Waals surface area contributed by atoms with Gasteiger partial charge in [0.15, 0.2) is 17.3 Å². The van der Waals surface area contributed by atoms with E-state index in [1.165, 1.54) is 11.8 Å². The molecule has 0 aliphatic carbocycles. The maximum atomic E-state index is 13.9. The van der Waals surface area contributed by atoms with Crippen molar-refractivity contribution < 1.29 is 14.2 Å². The summed E-state index contributed by atoms with van der Waals surface area (Å²) in [5, 5.41) is 6.05. The monoisotopic (exact) mass is 693 g/mol. The number of fused-ring (bicyclic) bond motifs is 1. The minimum atomic E-state index is -0.305. The van der Waals surface area contributed by atoms with Crippen molar-refractivity contribution >= 4 is 56.2 Å². The van der Waals surface area contributed by atoms with Crippen LogP contribution >= 0.6 is 39.1 Å². The quantitative estimate of drug-likeness (QED) is 0.144. The van der Waals surface area contributed by atoms with Crippen LogP contribution in [0.1, 0.15) is 42.0 Å². The number of nitrogens with zero attached hydrogens (tertiary/aromatic N) is 3. The van der Waals surface area contributed by atoms with Gasteiger partial charge in [-0.25, -0.2) is 4.98 Å². The first-order valence-electron chi connectivity index (χ1n) is 13.8. The molecule has 0 fully saturated rings. The van der Waals surface area contributed by atoms with E-state index in [2.05, 4.69) is 34.9 Å². The number of hydrogen-bond acceptors (Lipinski definition) is 6. The molecule has 0 unspecified atom stereocenters. The number of hydrogen-bond donors (Lipinski definition) is 0. The Hall–Kier alpha value is -3.85. The maximum absolute atomic E-state index is 13.9. The maximum Gasteiger partial charge on any atom is 0.282 e. The summed E-state index contributed by atoms with van der Waals surface area (Å²) in [4.78, 5) is 18.8. The predicted molar refractivity (Wildman–Crippen MR) is 181 cm³/mol. The van der Waals surface area contributed by atoms with Crippen LogP contribution in [0.3, 0.4) is 0 Å². The fourth-order valence-electron chi connectivity index (χ4n) is 4.81. The lowest BCUT2D eigenvalue weighted by molar-refractivity contribution is 0.284. The van der Waals surface area contributed by atoms with Crippen LogP contribution in [-0.2, 0) is 6.61 Å². The van der Waals surface area contributed by atoms with Crippen LogP contribution in [0, 0.1) is 6.92 Å². The molecule has 1 aromatic heterocycles. The van der Waals surface area contributed by atoms with Crippen molar-refractivity contribution in [1.29, 1.82) is 0 Å². The van der Waals surface area contributed by atoms with Gasteiger partial charge < -0.3 is 14.2 Å². The zero-order valence-electron chi connectivity index (χ0n) is 24.8. The van der Waals surface area contributed by atoms with Gasteiger partial charge in [0.25, 0.3) is 5.56 Å². The number of para-hydroxylation sites is 1. The molecule has 0 aliphatic heterocycles. The fourth-order valence-corrected chi connectivity index (χ4v) is 5.59. The highest BCUT2D eigenvalue weighted by Crippen LogP contribution is 2.42. The van der Waals surface area contributed by atoms with Crippen molar-refractivity contribution in [2.45, 2.75) is 33.3 Å². The van der Waals surface area contributed by atoms with Gasteiger partial charge in [-0.2, -0.15) is 9.78 Å². The summed E-state index contributed by atoms with van der Waals surface area (Å²) in [6.45, 7) is 6.40. The smallest absolute Gasteiger partial charge is 0.282 e. The standard InChI is InChI=1S/C34H30BrCl2N3O4/c1-19(2)25-16-26(20(3)14-28(25)42-4)33-39-27-9-7-6-8-24(27)34(41)40(33)38-17-22-15-29(43-5)32(31(37)30(22)35)44-18-21-10-12-23(36)13-11-21/h6-17,19H,18H2,1-5H3. The van der Waals surface area contributed by atoms with Crippen molar-refractivity contribution in [3.63, 3.8) is 0 Å². The van der Waals surface area contributed by atoms with E-state index in [9.17, 15) is 4.79 Å². The first-order chi connectivity index (χ1) is 21.1. The zero-order valence-corrected chi connectivity index (χ0v) is 27.9. The first-order valence-corrected chi connectivity index (χ1v) is 15.4. The normalized spacial score (nSPS) is 11.5. The second-order valence-corrected chi connectivity index (χ2v) is 12.0. The van der Waals surface area contributed by atoms with Crippen LogP contribution in [0.15, 0.2) is 81.1 Å². The van der Waals surface area contributed by atoms with Gasteiger partial charge in [0.2, 0.25) is 0 Å². The van der Waals surface area contributed by atoms with Crippen LogP contribution in [-0.4, -0.2) is 30.1 Å². The molecule has 226 valence electrons. The van der Waals surface area contributed by atoms with E-state index < -0.39 is 0 Å². The Morgan fingerprint density at radius 1 is 1.00 bits per heavy atom. The summed E-state index contributed by atoms with van der Waals surface area (Å²) in [6, 6.07) is 20.3. The molecule has 0 aliphatic rings. The number of halogens is 3. The Balaban J connectivity index is 1.62. The summed E-state index contributed by atoms with van der Waals surface area (Å²) < 4.78 is 19.2. The molecule has 7 nitrogen and oxygen atoms in total. The average molecular weight is 695 g/mol. The molecule has 5 aromatic rings. The van der Waals surface area contributed by atoms with Crippen molar-refractivity contribution in [3.05, 3.63) is 114 Å². The van der Waals surface area contributed by atoms with E-state index in [1.807, 2.05) is 43.3 Å². The molecule has 0 atom stereocenters. The van der Waals surface area contributed by atoms with Gasteiger partial charge in [-0.1, -0.05) is 61.3 Å². The van der Waals surface area contributed by atoms with Crippen molar-refractivity contribution in [2.75, 3.05) is 14.2 Å². The third kappa shape index (κ3) is 6.34. The molecule has 0 amide bonds. The third-order valence-electron chi connectivity index (χ3n) is 7.18. The first kappa shape index (κ1) is 31.6. The topological polar surface area (TPSA) is 74.9 Å². The SMILES string of the molecule is COc1cc(C)c(-c2nc3ccccc3c(=O)n2N=Cc2cc(OC)c(OCc3ccc(Cl)cc3)c(Cl)c2Br)cc1C(C)C. The number of ether oxygens (including phenoxy) is 3. The molecule has 44 heavy (non-hydrogen) atoms. The summed E-state index contributed by atoms with van der Waals surface area (Å²) in [7, 11) is 3.18. The Morgan fingerprint density at radius 3 is 2.39 bits per heavy atom. The average Bonchev–Trinajstić information content (AvgIpc) is 3.02. The second kappa shape index (κ2) is 13.4. The van der Waals surface area contributed by atoms with Crippen LogP contribution in [0.2, 0.25) is 10.0 Å². The molecule has 0 bridgehead atoms. The Kier molecular flexibility index (Phi) is 9.63. The molecule has 0 saturated heterocycles. The van der Waals surface area contributed by atoms with Gasteiger partial charge in [-0.05, 0) is 87.9 Å². The molecule has 4 aromatic carbocycles. The molecule has 10 heteroatoms. The van der Waals surface area contributed by atoms with E-state index in [0.29, 0.717) is 48.3 Å². The van der Waals surface area contributed by atoms with Gasteiger partial charge in [0, 0.05) is 20.6 Å². The lowest BCUT2D eigenvalue weighted by atomic mass is 9.96. The van der Waals surface area contributed by atoms with Gasteiger partial charge in [0.05, 0.1) is 31.3 Å². The summed E-state index contributed by atoms with van der Waals surface area (Å²) in [5.41, 5.74) is 4.43. The fraction of sp³-hybridized carbons (Fsp3) is 0.206. The van der Waals surface area contributed by atoms with Crippen molar-refractivity contribution in [3.8, 4) is 28.6 Å². The zero-order chi connectivity index (χ0) is 31.5.